The first-order valence-corrected chi connectivity index (χ1v) is 5.71. The monoisotopic (exact) mass is 287 g/mol. The van der Waals surface area contributed by atoms with Crippen LogP contribution in [0, 0.1) is 5.92 Å². The van der Waals surface area contributed by atoms with Crippen LogP contribution in [0.25, 0.3) is 0 Å². The third-order valence-corrected chi connectivity index (χ3v) is 2.95. The third kappa shape index (κ3) is 8.32. The maximum absolute atomic E-state index is 11.7. The van der Waals surface area contributed by atoms with Gasteiger partial charge >= 0.3 is 59.1 Å². The van der Waals surface area contributed by atoms with Gasteiger partial charge in [-0.25, -0.2) is 0 Å². The molecule has 1 fully saturated rings. The first kappa shape index (κ1) is 21.7. The summed E-state index contributed by atoms with van der Waals surface area (Å²) in [5.74, 6) is -3.74. The number of hydrogen-bond acceptors (Lipinski definition) is 5. The van der Waals surface area contributed by atoms with Gasteiger partial charge in [0.25, 0.3) is 0 Å². The van der Waals surface area contributed by atoms with E-state index in [4.69, 9.17) is 0 Å². The van der Waals surface area contributed by atoms with E-state index in [0.717, 1.165) is 32.1 Å². The molecule has 0 aliphatic heterocycles. The standard InChI is InChI=1S/C11H17NO5.2Na/c13-9(14)6-8(11(16)17)12-10(15)7-4-2-1-3-5-7;;/h7-8H,1-6H2,(H,12,15)(H,13,14)(H,16,17);;/q;2*+1/p-2/t8-;;/m0../s1. The van der Waals surface area contributed by atoms with Crippen molar-refractivity contribution in [3.63, 3.8) is 0 Å². The van der Waals surface area contributed by atoms with Gasteiger partial charge in [0.05, 0.1) is 12.0 Å². The van der Waals surface area contributed by atoms with E-state index in [9.17, 15) is 24.6 Å². The molecule has 96 valence electrons. The van der Waals surface area contributed by atoms with Crippen molar-refractivity contribution in [2.45, 2.75) is 44.6 Å². The fourth-order valence-electron chi connectivity index (χ4n) is 2.01. The van der Waals surface area contributed by atoms with E-state index in [1.807, 2.05) is 0 Å². The van der Waals surface area contributed by atoms with Crippen LogP contribution in [0.4, 0.5) is 0 Å². The van der Waals surface area contributed by atoms with Gasteiger partial charge < -0.3 is 25.1 Å². The Bertz CT molecular complexity index is 318. The summed E-state index contributed by atoms with van der Waals surface area (Å²) in [5.41, 5.74) is 0. The number of aliphatic carboxylic acids is 2. The smallest absolute Gasteiger partial charge is 0.550 e. The van der Waals surface area contributed by atoms with Crippen LogP contribution in [0.5, 0.6) is 0 Å². The molecule has 1 atom stereocenters. The Balaban J connectivity index is 0. The number of carboxylic acid groups (broad SMARTS) is 2. The summed E-state index contributed by atoms with van der Waals surface area (Å²) in [6.45, 7) is 0. The van der Waals surface area contributed by atoms with Crippen molar-refractivity contribution in [3.8, 4) is 0 Å². The molecule has 6 nitrogen and oxygen atoms in total. The zero-order valence-electron chi connectivity index (χ0n) is 11.4. The largest absolute Gasteiger partial charge is 1.00 e. The molecular formula is C11H15NNa2O5. The molecule has 1 aliphatic carbocycles. The van der Waals surface area contributed by atoms with Crippen molar-refractivity contribution in [3.05, 3.63) is 0 Å². The summed E-state index contributed by atoms with van der Waals surface area (Å²) in [5, 5.41) is 23.2. The third-order valence-electron chi connectivity index (χ3n) is 2.95. The molecule has 1 saturated carbocycles. The molecule has 0 unspecified atom stereocenters. The van der Waals surface area contributed by atoms with Crippen LogP contribution in [0.2, 0.25) is 0 Å². The second kappa shape index (κ2) is 11.1. The summed E-state index contributed by atoms with van der Waals surface area (Å²) in [6.07, 6.45) is 3.63. The van der Waals surface area contributed by atoms with Crippen molar-refractivity contribution in [2.24, 2.45) is 5.92 Å². The molecule has 0 bridgehead atoms. The Kier molecular flexibility index (Phi) is 12.7. The van der Waals surface area contributed by atoms with Crippen LogP contribution in [-0.2, 0) is 14.4 Å². The quantitative estimate of drug-likeness (QED) is 0.505. The summed E-state index contributed by atoms with van der Waals surface area (Å²) in [7, 11) is 0. The van der Waals surface area contributed by atoms with Crippen LogP contribution < -0.4 is 74.6 Å². The van der Waals surface area contributed by atoms with Gasteiger partial charge in [-0.05, 0) is 12.8 Å². The average Bonchev–Trinajstić information content (AvgIpc) is 2.28. The Morgan fingerprint density at radius 1 is 1.05 bits per heavy atom. The van der Waals surface area contributed by atoms with Crippen molar-refractivity contribution >= 4 is 17.8 Å². The van der Waals surface area contributed by atoms with Crippen molar-refractivity contribution < 1.29 is 83.7 Å². The van der Waals surface area contributed by atoms with Gasteiger partial charge in [0, 0.05) is 18.3 Å². The van der Waals surface area contributed by atoms with E-state index in [0.29, 0.717) is 0 Å². The summed E-state index contributed by atoms with van der Waals surface area (Å²) in [4.78, 5) is 32.6. The topological polar surface area (TPSA) is 109 Å². The number of carbonyl (C=O) groups excluding carboxylic acids is 3. The minimum atomic E-state index is -1.60. The van der Waals surface area contributed by atoms with Gasteiger partial charge in [-0.3, -0.25) is 4.79 Å². The van der Waals surface area contributed by atoms with Gasteiger partial charge in [-0.15, -0.1) is 0 Å². The Labute approximate surface area is 156 Å². The number of nitrogens with one attached hydrogen (secondary N) is 1. The number of hydrogen-bond donors (Lipinski definition) is 1. The Morgan fingerprint density at radius 2 is 1.58 bits per heavy atom. The summed E-state index contributed by atoms with van der Waals surface area (Å²) >= 11 is 0. The Hall–Kier alpha value is 0.410. The van der Waals surface area contributed by atoms with Crippen molar-refractivity contribution in [1.82, 2.24) is 5.32 Å². The molecule has 1 N–H and O–H groups in total. The van der Waals surface area contributed by atoms with E-state index in [1.165, 1.54) is 0 Å². The minimum absolute atomic E-state index is 0. The summed E-state index contributed by atoms with van der Waals surface area (Å²) in [6, 6.07) is -1.51. The number of carbonyl (C=O) groups is 3. The normalized spacial score (nSPS) is 16.4. The first-order chi connectivity index (χ1) is 8.00. The zero-order chi connectivity index (χ0) is 12.8. The molecule has 1 aliphatic rings. The molecule has 0 radical (unpaired) electrons. The predicted molar refractivity (Wildman–Crippen MR) is 53.1 cm³/mol. The van der Waals surface area contributed by atoms with Gasteiger partial charge in [-0.1, -0.05) is 19.3 Å². The average molecular weight is 287 g/mol. The molecule has 0 saturated heterocycles. The molecule has 0 aromatic rings. The van der Waals surface area contributed by atoms with Crippen molar-refractivity contribution in [2.75, 3.05) is 0 Å². The molecular weight excluding hydrogens is 272 g/mol. The molecule has 0 aromatic heterocycles. The van der Waals surface area contributed by atoms with E-state index < -0.39 is 30.3 Å². The van der Waals surface area contributed by atoms with E-state index >= 15 is 0 Å². The van der Waals surface area contributed by atoms with Crippen LogP contribution in [0.3, 0.4) is 0 Å². The first-order valence-electron chi connectivity index (χ1n) is 5.71. The minimum Gasteiger partial charge on any atom is -0.550 e. The van der Waals surface area contributed by atoms with Crippen LogP contribution in [0.1, 0.15) is 38.5 Å². The second-order valence-corrected chi connectivity index (χ2v) is 4.29. The molecule has 1 amide bonds. The zero-order valence-corrected chi connectivity index (χ0v) is 15.4. The van der Waals surface area contributed by atoms with Gasteiger partial charge in [-0.2, -0.15) is 0 Å². The van der Waals surface area contributed by atoms with Gasteiger partial charge in [0.2, 0.25) is 5.91 Å². The molecule has 8 heteroatoms. The molecule has 0 spiro atoms. The van der Waals surface area contributed by atoms with E-state index in [1.54, 1.807) is 0 Å². The van der Waals surface area contributed by atoms with Crippen LogP contribution >= 0.6 is 0 Å². The molecule has 1 rings (SSSR count). The van der Waals surface area contributed by atoms with Crippen LogP contribution in [0.15, 0.2) is 0 Å². The van der Waals surface area contributed by atoms with E-state index in [-0.39, 0.29) is 65.0 Å². The SMILES string of the molecule is O=C([O-])C[C@H](NC(=O)C1CCCCC1)C(=O)[O-].[Na+].[Na+]. The predicted octanol–water partition coefficient (Wildman–Crippen LogP) is -8.05. The fraction of sp³-hybridized carbons (Fsp3) is 0.727. The summed E-state index contributed by atoms with van der Waals surface area (Å²) < 4.78 is 0. The number of carboxylic acids is 2. The molecule has 19 heavy (non-hydrogen) atoms. The second-order valence-electron chi connectivity index (χ2n) is 4.29. The fourth-order valence-corrected chi connectivity index (χ4v) is 2.01. The number of amides is 1. The molecule has 0 heterocycles. The van der Waals surface area contributed by atoms with Gasteiger partial charge in [0.1, 0.15) is 0 Å². The van der Waals surface area contributed by atoms with E-state index in [2.05, 4.69) is 5.32 Å². The Morgan fingerprint density at radius 3 is 2.00 bits per heavy atom. The van der Waals surface area contributed by atoms with Gasteiger partial charge in [0.15, 0.2) is 0 Å². The maximum atomic E-state index is 11.7. The molecule has 0 aromatic carbocycles. The number of rotatable bonds is 5. The maximum Gasteiger partial charge on any atom is 1.00 e. The van der Waals surface area contributed by atoms with Crippen LogP contribution in [-0.4, -0.2) is 23.9 Å². The van der Waals surface area contributed by atoms with Crippen molar-refractivity contribution in [1.29, 1.82) is 0 Å².